The maximum absolute atomic E-state index is 5.85. The Kier molecular flexibility index (Phi) is 4.32. The third-order valence-electron chi connectivity index (χ3n) is 4.90. The van der Waals surface area contributed by atoms with E-state index in [0.717, 1.165) is 35.4 Å². The van der Waals surface area contributed by atoms with Crippen LogP contribution in [0, 0.1) is 6.92 Å². The van der Waals surface area contributed by atoms with Gasteiger partial charge in [0.25, 0.3) is 0 Å². The standard InChI is InChI=1S/C21H26N4O/c1-14-9-19(25-11-15(2)26-16(3)12-25)7-8-20(14)22-18-6-5-17-13-24(4)23-21(17)10-18/h5-10,13,15-16,22H,11-12H2,1-4H3/t15-,16+. The fraction of sp³-hybridized carbons (Fsp3) is 0.381. The SMILES string of the molecule is Cc1cc(N2C[C@@H](C)O[C@@H](C)C2)ccc1Nc1ccc2cn(C)nc2c1. The van der Waals surface area contributed by atoms with Crippen LogP contribution in [0.25, 0.3) is 10.9 Å². The van der Waals surface area contributed by atoms with Crippen molar-refractivity contribution in [1.82, 2.24) is 9.78 Å². The summed E-state index contributed by atoms with van der Waals surface area (Å²) in [6.45, 7) is 8.30. The third kappa shape index (κ3) is 3.40. The Morgan fingerprint density at radius 1 is 1.08 bits per heavy atom. The van der Waals surface area contributed by atoms with Gasteiger partial charge in [0.1, 0.15) is 0 Å². The number of hydrogen-bond donors (Lipinski definition) is 1. The van der Waals surface area contributed by atoms with Crippen LogP contribution in [0.1, 0.15) is 19.4 Å². The van der Waals surface area contributed by atoms with Gasteiger partial charge in [-0.3, -0.25) is 4.68 Å². The fourth-order valence-electron chi connectivity index (χ4n) is 3.75. The van der Waals surface area contributed by atoms with Crippen molar-refractivity contribution >= 4 is 28.0 Å². The maximum atomic E-state index is 5.85. The molecule has 0 saturated carbocycles. The molecule has 0 amide bonds. The first-order valence-electron chi connectivity index (χ1n) is 9.19. The van der Waals surface area contributed by atoms with Crippen LogP contribution in [0.3, 0.4) is 0 Å². The lowest BCUT2D eigenvalue weighted by Gasteiger charge is -2.37. The molecular weight excluding hydrogens is 324 g/mol. The summed E-state index contributed by atoms with van der Waals surface area (Å²) in [5.74, 6) is 0. The van der Waals surface area contributed by atoms with Crippen molar-refractivity contribution in [2.75, 3.05) is 23.3 Å². The van der Waals surface area contributed by atoms with E-state index in [2.05, 4.69) is 72.5 Å². The molecule has 2 atom stereocenters. The molecule has 2 heterocycles. The van der Waals surface area contributed by atoms with Gasteiger partial charge in [0.2, 0.25) is 0 Å². The average molecular weight is 350 g/mol. The molecule has 1 aliphatic rings. The molecule has 1 aromatic heterocycles. The highest BCUT2D eigenvalue weighted by Gasteiger charge is 2.22. The Hall–Kier alpha value is -2.53. The van der Waals surface area contributed by atoms with Gasteiger partial charge in [-0.2, -0.15) is 5.10 Å². The van der Waals surface area contributed by atoms with Crippen molar-refractivity contribution in [2.45, 2.75) is 33.0 Å². The summed E-state index contributed by atoms with van der Waals surface area (Å²) in [6, 6.07) is 12.9. The summed E-state index contributed by atoms with van der Waals surface area (Å²) in [6.07, 6.45) is 2.56. The first kappa shape index (κ1) is 16.9. The Bertz CT molecular complexity index is 923. The highest BCUT2D eigenvalue weighted by Crippen LogP contribution is 2.28. The van der Waals surface area contributed by atoms with Crippen LogP contribution < -0.4 is 10.2 Å². The number of fused-ring (bicyclic) bond motifs is 1. The number of benzene rings is 2. The molecule has 26 heavy (non-hydrogen) atoms. The molecule has 3 aromatic rings. The normalized spacial score (nSPS) is 20.5. The summed E-state index contributed by atoms with van der Waals surface area (Å²) in [5.41, 5.74) is 5.67. The second-order valence-electron chi connectivity index (χ2n) is 7.36. The van der Waals surface area contributed by atoms with Crippen molar-refractivity contribution < 1.29 is 4.74 Å². The van der Waals surface area contributed by atoms with E-state index in [-0.39, 0.29) is 12.2 Å². The molecule has 1 saturated heterocycles. The number of nitrogens with one attached hydrogen (secondary N) is 1. The van der Waals surface area contributed by atoms with E-state index in [1.54, 1.807) is 0 Å². The van der Waals surface area contributed by atoms with Crippen LogP contribution in [-0.2, 0) is 11.8 Å². The van der Waals surface area contributed by atoms with Gasteiger partial charge in [-0.15, -0.1) is 0 Å². The molecule has 136 valence electrons. The smallest absolute Gasteiger partial charge is 0.0943 e. The van der Waals surface area contributed by atoms with Crippen LogP contribution in [0.4, 0.5) is 17.1 Å². The number of anilines is 3. The number of ether oxygens (including phenoxy) is 1. The molecule has 0 unspecified atom stereocenters. The lowest BCUT2D eigenvalue weighted by Crippen LogP contribution is -2.45. The van der Waals surface area contributed by atoms with E-state index < -0.39 is 0 Å². The minimum Gasteiger partial charge on any atom is -0.372 e. The lowest BCUT2D eigenvalue weighted by molar-refractivity contribution is -0.00521. The number of hydrogen-bond acceptors (Lipinski definition) is 4. The lowest BCUT2D eigenvalue weighted by atomic mass is 10.1. The summed E-state index contributed by atoms with van der Waals surface area (Å²) < 4.78 is 7.69. The minimum atomic E-state index is 0.266. The molecule has 0 bridgehead atoms. The van der Waals surface area contributed by atoms with Gasteiger partial charge in [-0.1, -0.05) is 0 Å². The highest BCUT2D eigenvalue weighted by atomic mass is 16.5. The second-order valence-corrected chi connectivity index (χ2v) is 7.36. The molecular formula is C21H26N4O. The Morgan fingerprint density at radius 2 is 1.85 bits per heavy atom. The summed E-state index contributed by atoms with van der Waals surface area (Å²) in [5, 5.41) is 9.17. The van der Waals surface area contributed by atoms with Gasteiger partial charge in [0.15, 0.2) is 0 Å². The van der Waals surface area contributed by atoms with Gasteiger partial charge >= 0.3 is 0 Å². The zero-order valence-electron chi connectivity index (χ0n) is 15.9. The molecule has 0 spiro atoms. The molecule has 5 heteroatoms. The van der Waals surface area contributed by atoms with E-state index in [4.69, 9.17) is 4.74 Å². The van der Waals surface area contributed by atoms with Crippen molar-refractivity contribution in [1.29, 1.82) is 0 Å². The second kappa shape index (κ2) is 6.65. The predicted molar refractivity (Wildman–Crippen MR) is 107 cm³/mol. The van der Waals surface area contributed by atoms with Gasteiger partial charge < -0.3 is 15.0 Å². The molecule has 1 N–H and O–H groups in total. The molecule has 1 aliphatic heterocycles. The first-order chi connectivity index (χ1) is 12.5. The predicted octanol–water partition coefficient (Wildman–Crippen LogP) is 4.24. The molecule has 0 radical (unpaired) electrons. The number of morpholine rings is 1. The van der Waals surface area contributed by atoms with E-state index in [1.807, 2.05) is 17.9 Å². The minimum absolute atomic E-state index is 0.266. The summed E-state index contributed by atoms with van der Waals surface area (Å²) >= 11 is 0. The number of aryl methyl sites for hydroxylation is 2. The number of rotatable bonds is 3. The van der Waals surface area contributed by atoms with Crippen LogP contribution >= 0.6 is 0 Å². The van der Waals surface area contributed by atoms with Gasteiger partial charge in [0, 0.05) is 48.8 Å². The molecule has 2 aromatic carbocycles. The zero-order chi connectivity index (χ0) is 18.3. The van der Waals surface area contributed by atoms with Crippen LogP contribution in [0.2, 0.25) is 0 Å². The van der Waals surface area contributed by atoms with E-state index in [0.29, 0.717) is 0 Å². The molecule has 1 fully saturated rings. The van der Waals surface area contributed by atoms with Crippen LogP contribution in [-0.4, -0.2) is 35.1 Å². The van der Waals surface area contributed by atoms with E-state index >= 15 is 0 Å². The molecule has 4 rings (SSSR count). The monoisotopic (exact) mass is 350 g/mol. The van der Waals surface area contributed by atoms with Gasteiger partial charge in [-0.05, 0) is 62.7 Å². The van der Waals surface area contributed by atoms with Gasteiger partial charge in [0.05, 0.1) is 17.7 Å². The Morgan fingerprint density at radius 3 is 2.58 bits per heavy atom. The number of aromatic nitrogens is 2. The first-order valence-corrected chi connectivity index (χ1v) is 9.19. The molecule has 5 nitrogen and oxygen atoms in total. The third-order valence-corrected chi connectivity index (χ3v) is 4.90. The maximum Gasteiger partial charge on any atom is 0.0943 e. The van der Waals surface area contributed by atoms with Crippen molar-refractivity contribution in [3.63, 3.8) is 0 Å². The van der Waals surface area contributed by atoms with Gasteiger partial charge in [-0.25, -0.2) is 0 Å². The van der Waals surface area contributed by atoms with Crippen LogP contribution in [0.15, 0.2) is 42.6 Å². The quantitative estimate of drug-likeness (QED) is 0.767. The number of nitrogens with zero attached hydrogens (tertiary/aromatic N) is 3. The van der Waals surface area contributed by atoms with E-state index in [1.165, 1.54) is 11.3 Å². The average Bonchev–Trinajstić information content (AvgIpc) is 2.95. The van der Waals surface area contributed by atoms with Crippen molar-refractivity contribution in [2.24, 2.45) is 7.05 Å². The van der Waals surface area contributed by atoms with Crippen molar-refractivity contribution in [3.8, 4) is 0 Å². The van der Waals surface area contributed by atoms with Crippen LogP contribution in [0.5, 0.6) is 0 Å². The topological polar surface area (TPSA) is 42.3 Å². The Balaban J connectivity index is 1.55. The largest absolute Gasteiger partial charge is 0.372 e. The van der Waals surface area contributed by atoms with E-state index in [9.17, 15) is 0 Å². The molecule has 0 aliphatic carbocycles. The zero-order valence-corrected chi connectivity index (χ0v) is 15.9. The Labute approximate surface area is 154 Å². The fourth-order valence-corrected chi connectivity index (χ4v) is 3.75. The summed E-state index contributed by atoms with van der Waals surface area (Å²) in [4.78, 5) is 2.41. The van der Waals surface area contributed by atoms with Crippen molar-refractivity contribution in [3.05, 3.63) is 48.2 Å². The highest BCUT2D eigenvalue weighted by molar-refractivity contribution is 5.83. The summed E-state index contributed by atoms with van der Waals surface area (Å²) in [7, 11) is 1.95.